The Bertz CT molecular complexity index is 165. The summed E-state index contributed by atoms with van der Waals surface area (Å²) < 4.78 is 0. The zero-order chi connectivity index (χ0) is 14.7. The predicted octanol–water partition coefficient (Wildman–Crippen LogP) is 1.67. The lowest BCUT2D eigenvalue weighted by Gasteiger charge is -2.40. The topological polar surface area (TPSA) is 81.3 Å². The smallest absolute Gasteiger partial charge is 0.00730 e. The molecule has 0 aromatic heterocycles. The van der Waals surface area contributed by atoms with Crippen LogP contribution in [0.3, 0.4) is 0 Å². The third kappa shape index (κ3) is 7.88. The van der Waals surface area contributed by atoms with Crippen molar-refractivity contribution in [1.82, 2.24) is 4.90 Å². The molecule has 116 valence electrons. The zero-order valence-corrected chi connectivity index (χ0v) is 13.3. The molecular formula is C15H36N4. The van der Waals surface area contributed by atoms with Crippen LogP contribution in [0.2, 0.25) is 0 Å². The largest absolute Gasteiger partial charge is 0.330 e. The first-order chi connectivity index (χ1) is 9.08. The molecule has 0 aromatic carbocycles. The summed E-state index contributed by atoms with van der Waals surface area (Å²) in [5.41, 5.74) is 16.9. The zero-order valence-electron chi connectivity index (χ0n) is 13.3. The molecule has 0 heterocycles. The highest BCUT2D eigenvalue weighted by Gasteiger charge is 2.24. The lowest BCUT2D eigenvalue weighted by Crippen LogP contribution is -2.46. The van der Waals surface area contributed by atoms with E-state index >= 15 is 0 Å². The Balaban J connectivity index is 4.50. The molecule has 0 saturated carbocycles. The average Bonchev–Trinajstić information content (AvgIpc) is 2.40. The summed E-state index contributed by atoms with van der Waals surface area (Å²) in [5, 5.41) is 0. The van der Waals surface area contributed by atoms with Gasteiger partial charge in [-0.1, -0.05) is 0 Å². The van der Waals surface area contributed by atoms with Crippen LogP contribution in [0.25, 0.3) is 0 Å². The van der Waals surface area contributed by atoms with E-state index in [-0.39, 0.29) is 0 Å². The first kappa shape index (κ1) is 18.8. The molecule has 4 heteroatoms. The van der Waals surface area contributed by atoms with Crippen molar-refractivity contribution < 1.29 is 0 Å². The standard InChI is InChI=1S/C15H36N4/c1-13(7-4-10-16)19(14(2)8-5-11-17)15(3)9-6-12-18/h13-15H,4-12,16-18H2,1-3H3. The Labute approximate surface area is 120 Å². The fraction of sp³-hybridized carbons (Fsp3) is 1.00. The van der Waals surface area contributed by atoms with E-state index < -0.39 is 0 Å². The number of hydrogen-bond donors (Lipinski definition) is 3. The van der Waals surface area contributed by atoms with Crippen molar-refractivity contribution in [1.29, 1.82) is 0 Å². The van der Waals surface area contributed by atoms with Crippen LogP contribution in [-0.4, -0.2) is 42.7 Å². The van der Waals surface area contributed by atoms with Gasteiger partial charge in [0.1, 0.15) is 0 Å². The van der Waals surface area contributed by atoms with Crippen molar-refractivity contribution in [2.24, 2.45) is 17.2 Å². The Morgan fingerprint density at radius 2 is 0.895 bits per heavy atom. The lowest BCUT2D eigenvalue weighted by atomic mass is 10.0. The van der Waals surface area contributed by atoms with Crippen LogP contribution >= 0.6 is 0 Å². The van der Waals surface area contributed by atoms with E-state index in [0.717, 1.165) is 38.9 Å². The molecule has 0 aliphatic rings. The lowest BCUT2D eigenvalue weighted by molar-refractivity contribution is 0.0857. The van der Waals surface area contributed by atoms with Crippen LogP contribution in [0.5, 0.6) is 0 Å². The van der Waals surface area contributed by atoms with Gasteiger partial charge in [-0.05, 0) is 78.9 Å². The monoisotopic (exact) mass is 272 g/mol. The van der Waals surface area contributed by atoms with Crippen LogP contribution in [0.4, 0.5) is 0 Å². The molecule has 0 aliphatic heterocycles. The first-order valence-electron chi connectivity index (χ1n) is 7.96. The van der Waals surface area contributed by atoms with E-state index in [1.165, 1.54) is 19.3 Å². The van der Waals surface area contributed by atoms with E-state index in [1.807, 2.05) is 0 Å². The number of rotatable bonds is 12. The Morgan fingerprint density at radius 1 is 0.632 bits per heavy atom. The van der Waals surface area contributed by atoms with Gasteiger partial charge in [-0.15, -0.1) is 0 Å². The van der Waals surface area contributed by atoms with Crippen LogP contribution in [0, 0.1) is 0 Å². The third-order valence-corrected chi connectivity index (χ3v) is 4.00. The summed E-state index contributed by atoms with van der Waals surface area (Å²) >= 11 is 0. The summed E-state index contributed by atoms with van der Waals surface area (Å²) in [5.74, 6) is 0. The van der Waals surface area contributed by atoms with E-state index in [2.05, 4.69) is 25.7 Å². The second-order valence-electron chi connectivity index (χ2n) is 5.79. The van der Waals surface area contributed by atoms with Gasteiger partial charge in [-0.25, -0.2) is 0 Å². The minimum absolute atomic E-state index is 0.587. The number of hydrogen-bond acceptors (Lipinski definition) is 4. The van der Waals surface area contributed by atoms with Crippen LogP contribution in [-0.2, 0) is 0 Å². The minimum atomic E-state index is 0.587. The van der Waals surface area contributed by atoms with E-state index in [4.69, 9.17) is 17.2 Å². The van der Waals surface area contributed by atoms with Crippen LogP contribution in [0.15, 0.2) is 0 Å². The number of nitrogens with two attached hydrogens (primary N) is 3. The molecule has 0 radical (unpaired) electrons. The van der Waals surface area contributed by atoms with Crippen molar-refractivity contribution in [3.8, 4) is 0 Å². The highest BCUT2D eigenvalue weighted by Crippen LogP contribution is 2.20. The summed E-state index contributed by atoms with van der Waals surface area (Å²) in [6.45, 7) is 9.33. The average molecular weight is 272 g/mol. The summed E-state index contributed by atoms with van der Waals surface area (Å²) in [6.07, 6.45) is 6.84. The predicted molar refractivity (Wildman–Crippen MR) is 85.1 cm³/mol. The highest BCUT2D eigenvalue weighted by atomic mass is 15.2. The van der Waals surface area contributed by atoms with Gasteiger partial charge in [0.25, 0.3) is 0 Å². The van der Waals surface area contributed by atoms with Crippen molar-refractivity contribution in [3.63, 3.8) is 0 Å². The van der Waals surface area contributed by atoms with Gasteiger partial charge in [0.15, 0.2) is 0 Å². The molecule has 0 bridgehead atoms. The van der Waals surface area contributed by atoms with Crippen molar-refractivity contribution in [2.45, 2.75) is 77.4 Å². The maximum atomic E-state index is 5.64. The maximum absolute atomic E-state index is 5.64. The quantitative estimate of drug-likeness (QED) is 0.505. The molecule has 6 N–H and O–H groups in total. The summed E-state index contributed by atoms with van der Waals surface area (Å²) in [6, 6.07) is 1.76. The fourth-order valence-corrected chi connectivity index (χ4v) is 2.99. The van der Waals surface area contributed by atoms with Gasteiger partial charge in [0, 0.05) is 18.1 Å². The van der Waals surface area contributed by atoms with Gasteiger partial charge < -0.3 is 17.2 Å². The molecular weight excluding hydrogens is 236 g/mol. The van der Waals surface area contributed by atoms with E-state index in [9.17, 15) is 0 Å². The molecule has 19 heavy (non-hydrogen) atoms. The Hall–Kier alpha value is -0.160. The third-order valence-electron chi connectivity index (χ3n) is 4.00. The molecule has 0 saturated heterocycles. The Morgan fingerprint density at radius 3 is 1.11 bits per heavy atom. The molecule has 3 unspecified atom stereocenters. The van der Waals surface area contributed by atoms with Gasteiger partial charge in [0.2, 0.25) is 0 Å². The molecule has 0 spiro atoms. The summed E-state index contributed by atoms with van der Waals surface area (Å²) in [4.78, 5) is 2.65. The first-order valence-corrected chi connectivity index (χ1v) is 7.96. The SMILES string of the molecule is CC(CCCN)N(C(C)CCCN)C(C)CCCN. The second kappa shape index (κ2) is 11.6. The molecule has 0 aliphatic carbocycles. The fourth-order valence-electron chi connectivity index (χ4n) is 2.99. The van der Waals surface area contributed by atoms with Crippen LogP contribution < -0.4 is 17.2 Å². The number of nitrogens with zero attached hydrogens (tertiary/aromatic N) is 1. The molecule has 0 fully saturated rings. The maximum Gasteiger partial charge on any atom is 0.00730 e. The highest BCUT2D eigenvalue weighted by molar-refractivity contribution is 4.79. The molecule has 0 rings (SSSR count). The Kier molecular flexibility index (Phi) is 11.6. The second-order valence-corrected chi connectivity index (χ2v) is 5.79. The van der Waals surface area contributed by atoms with Gasteiger partial charge in [-0.2, -0.15) is 0 Å². The molecule has 4 nitrogen and oxygen atoms in total. The molecule has 0 aromatic rings. The van der Waals surface area contributed by atoms with E-state index in [0.29, 0.717) is 18.1 Å². The van der Waals surface area contributed by atoms with Crippen molar-refractivity contribution in [2.75, 3.05) is 19.6 Å². The van der Waals surface area contributed by atoms with Gasteiger partial charge >= 0.3 is 0 Å². The summed E-state index contributed by atoms with van der Waals surface area (Å²) in [7, 11) is 0. The van der Waals surface area contributed by atoms with Gasteiger partial charge in [0.05, 0.1) is 0 Å². The van der Waals surface area contributed by atoms with E-state index in [1.54, 1.807) is 0 Å². The van der Waals surface area contributed by atoms with Gasteiger partial charge in [-0.3, -0.25) is 4.90 Å². The van der Waals surface area contributed by atoms with Crippen molar-refractivity contribution in [3.05, 3.63) is 0 Å². The normalized spacial score (nSPS) is 16.6. The van der Waals surface area contributed by atoms with Crippen molar-refractivity contribution >= 4 is 0 Å². The minimum Gasteiger partial charge on any atom is -0.330 e. The van der Waals surface area contributed by atoms with Crippen LogP contribution in [0.1, 0.15) is 59.3 Å². The molecule has 3 atom stereocenters. The molecule has 0 amide bonds.